The third kappa shape index (κ3) is 7.09. The van der Waals surface area contributed by atoms with Crippen molar-refractivity contribution in [3.05, 3.63) is 65.0 Å². The quantitative estimate of drug-likeness (QED) is 0.665. The SMILES string of the molecule is Cc1ccc(C(=O)NCC(=O)NCCCCOc2ccc(F)cc2)cc1C. The largest absolute Gasteiger partial charge is 0.494 e. The van der Waals surface area contributed by atoms with Gasteiger partial charge in [-0.3, -0.25) is 9.59 Å². The predicted molar refractivity (Wildman–Crippen MR) is 102 cm³/mol. The molecule has 2 aromatic carbocycles. The summed E-state index contributed by atoms with van der Waals surface area (Å²) in [5, 5.41) is 5.37. The number of halogens is 1. The average Bonchev–Trinajstić information content (AvgIpc) is 2.66. The molecule has 0 saturated carbocycles. The monoisotopic (exact) mass is 372 g/mol. The summed E-state index contributed by atoms with van der Waals surface area (Å²) >= 11 is 0. The third-order valence-corrected chi connectivity index (χ3v) is 4.15. The Kier molecular flexibility index (Phi) is 7.79. The lowest BCUT2D eigenvalue weighted by Crippen LogP contribution is -2.37. The average molecular weight is 372 g/mol. The molecule has 0 aliphatic rings. The van der Waals surface area contributed by atoms with E-state index in [4.69, 9.17) is 4.74 Å². The smallest absolute Gasteiger partial charge is 0.251 e. The molecular formula is C21H25FN2O3. The fourth-order valence-electron chi connectivity index (χ4n) is 2.38. The molecule has 27 heavy (non-hydrogen) atoms. The van der Waals surface area contributed by atoms with Crippen LogP contribution in [0.3, 0.4) is 0 Å². The van der Waals surface area contributed by atoms with Gasteiger partial charge in [0.15, 0.2) is 0 Å². The molecule has 6 heteroatoms. The normalized spacial score (nSPS) is 10.3. The summed E-state index contributed by atoms with van der Waals surface area (Å²) in [6.07, 6.45) is 1.50. The van der Waals surface area contributed by atoms with Crippen LogP contribution in [0.4, 0.5) is 4.39 Å². The number of nitrogens with one attached hydrogen (secondary N) is 2. The van der Waals surface area contributed by atoms with Crippen molar-refractivity contribution >= 4 is 11.8 Å². The molecule has 0 heterocycles. The summed E-state index contributed by atoms with van der Waals surface area (Å²) in [5.74, 6) is -0.170. The van der Waals surface area contributed by atoms with Gasteiger partial charge < -0.3 is 15.4 Å². The minimum atomic E-state index is -0.297. The highest BCUT2D eigenvalue weighted by Crippen LogP contribution is 2.11. The number of carbonyl (C=O) groups is 2. The minimum Gasteiger partial charge on any atom is -0.494 e. The van der Waals surface area contributed by atoms with Crippen molar-refractivity contribution in [1.82, 2.24) is 10.6 Å². The Morgan fingerprint density at radius 2 is 1.70 bits per heavy atom. The van der Waals surface area contributed by atoms with Crippen LogP contribution >= 0.6 is 0 Å². The summed E-state index contributed by atoms with van der Waals surface area (Å²) in [6, 6.07) is 11.3. The molecule has 144 valence electrons. The second-order valence-electron chi connectivity index (χ2n) is 6.34. The number of benzene rings is 2. The maximum absolute atomic E-state index is 12.8. The van der Waals surface area contributed by atoms with Crippen molar-refractivity contribution in [2.45, 2.75) is 26.7 Å². The zero-order valence-corrected chi connectivity index (χ0v) is 15.7. The number of amides is 2. The van der Waals surface area contributed by atoms with Gasteiger partial charge in [-0.2, -0.15) is 0 Å². The number of carbonyl (C=O) groups excluding carboxylic acids is 2. The third-order valence-electron chi connectivity index (χ3n) is 4.15. The summed E-state index contributed by atoms with van der Waals surface area (Å²) in [4.78, 5) is 23.8. The Hall–Kier alpha value is -2.89. The first kappa shape index (κ1) is 20.4. The van der Waals surface area contributed by atoms with Crippen molar-refractivity contribution in [2.24, 2.45) is 0 Å². The first-order valence-electron chi connectivity index (χ1n) is 8.96. The van der Waals surface area contributed by atoms with Gasteiger partial charge in [0.2, 0.25) is 5.91 Å². The van der Waals surface area contributed by atoms with E-state index >= 15 is 0 Å². The number of hydrogen-bond acceptors (Lipinski definition) is 3. The lowest BCUT2D eigenvalue weighted by atomic mass is 10.1. The molecule has 0 spiro atoms. The lowest BCUT2D eigenvalue weighted by molar-refractivity contribution is -0.120. The van der Waals surface area contributed by atoms with E-state index in [2.05, 4.69) is 10.6 Å². The topological polar surface area (TPSA) is 67.4 Å². The second-order valence-corrected chi connectivity index (χ2v) is 6.34. The van der Waals surface area contributed by atoms with E-state index in [1.165, 1.54) is 12.1 Å². The molecule has 0 radical (unpaired) electrons. The van der Waals surface area contributed by atoms with Crippen molar-refractivity contribution in [1.29, 1.82) is 0 Å². The van der Waals surface area contributed by atoms with Crippen LogP contribution in [-0.2, 0) is 4.79 Å². The van der Waals surface area contributed by atoms with E-state index < -0.39 is 0 Å². The Bertz CT molecular complexity index is 775. The molecule has 2 amide bonds. The summed E-state index contributed by atoms with van der Waals surface area (Å²) < 4.78 is 18.2. The second kappa shape index (κ2) is 10.3. The van der Waals surface area contributed by atoms with Crippen LogP contribution < -0.4 is 15.4 Å². The number of hydrogen-bond donors (Lipinski definition) is 2. The van der Waals surface area contributed by atoms with E-state index in [9.17, 15) is 14.0 Å². The van der Waals surface area contributed by atoms with E-state index in [0.29, 0.717) is 24.5 Å². The van der Waals surface area contributed by atoms with E-state index in [1.807, 2.05) is 26.0 Å². The molecule has 5 nitrogen and oxygen atoms in total. The van der Waals surface area contributed by atoms with E-state index in [-0.39, 0.29) is 24.2 Å². The highest BCUT2D eigenvalue weighted by atomic mass is 19.1. The molecule has 0 aliphatic carbocycles. The van der Waals surface area contributed by atoms with Crippen molar-refractivity contribution < 1.29 is 18.7 Å². The zero-order chi connectivity index (χ0) is 19.6. The summed E-state index contributed by atoms with van der Waals surface area (Å²) in [5.41, 5.74) is 2.70. The van der Waals surface area contributed by atoms with Gasteiger partial charge in [-0.1, -0.05) is 6.07 Å². The van der Waals surface area contributed by atoms with Crippen LogP contribution in [0, 0.1) is 19.7 Å². The van der Waals surface area contributed by atoms with Gasteiger partial charge in [0, 0.05) is 12.1 Å². The molecule has 0 bridgehead atoms. The predicted octanol–water partition coefficient (Wildman–Crippen LogP) is 3.15. The molecule has 2 rings (SSSR count). The Morgan fingerprint density at radius 3 is 2.41 bits per heavy atom. The molecule has 0 fully saturated rings. The lowest BCUT2D eigenvalue weighted by Gasteiger charge is -2.09. The number of aryl methyl sites for hydroxylation is 2. The first-order valence-corrected chi connectivity index (χ1v) is 8.96. The van der Waals surface area contributed by atoms with Gasteiger partial charge in [0.25, 0.3) is 5.91 Å². The molecule has 0 aliphatic heterocycles. The molecule has 0 unspecified atom stereocenters. The fourth-order valence-corrected chi connectivity index (χ4v) is 2.38. The first-order chi connectivity index (χ1) is 13.0. The van der Waals surface area contributed by atoms with Crippen LogP contribution in [0.5, 0.6) is 5.75 Å². The summed E-state index contributed by atoms with van der Waals surface area (Å²) in [6.45, 7) is 4.86. The number of rotatable bonds is 9. The maximum atomic E-state index is 12.8. The van der Waals surface area contributed by atoms with Gasteiger partial charge in [-0.05, 0) is 74.2 Å². The highest BCUT2D eigenvalue weighted by Gasteiger charge is 2.08. The van der Waals surface area contributed by atoms with Gasteiger partial charge in [0.1, 0.15) is 11.6 Å². The van der Waals surface area contributed by atoms with Crippen molar-refractivity contribution in [3.63, 3.8) is 0 Å². The van der Waals surface area contributed by atoms with Crippen LogP contribution in [-0.4, -0.2) is 31.5 Å². The molecular weight excluding hydrogens is 347 g/mol. The number of unbranched alkanes of at least 4 members (excludes halogenated alkanes) is 1. The standard InChI is InChI=1S/C21H25FN2O3/c1-15-5-6-17(13-16(15)2)21(26)24-14-20(25)23-11-3-4-12-27-19-9-7-18(22)8-10-19/h5-10,13H,3-4,11-12,14H2,1-2H3,(H,23,25)(H,24,26). The molecule has 2 aromatic rings. The maximum Gasteiger partial charge on any atom is 0.251 e. The van der Waals surface area contributed by atoms with Crippen LogP contribution in [0.15, 0.2) is 42.5 Å². The molecule has 0 aromatic heterocycles. The zero-order valence-electron chi connectivity index (χ0n) is 15.7. The van der Waals surface area contributed by atoms with Gasteiger partial charge in [0.05, 0.1) is 13.2 Å². The molecule has 0 saturated heterocycles. The Labute approximate surface area is 158 Å². The Morgan fingerprint density at radius 1 is 0.963 bits per heavy atom. The van der Waals surface area contributed by atoms with Crippen molar-refractivity contribution in [3.8, 4) is 5.75 Å². The molecule has 2 N–H and O–H groups in total. The van der Waals surface area contributed by atoms with E-state index in [0.717, 1.165) is 24.0 Å². The highest BCUT2D eigenvalue weighted by molar-refractivity contribution is 5.96. The van der Waals surface area contributed by atoms with Crippen LogP contribution in [0.25, 0.3) is 0 Å². The van der Waals surface area contributed by atoms with Gasteiger partial charge >= 0.3 is 0 Å². The fraction of sp³-hybridized carbons (Fsp3) is 0.333. The van der Waals surface area contributed by atoms with Crippen LogP contribution in [0.1, 0.15) is 34.3 Å². The molecule has 0 atom stereocenters. The van der Waals surface area contributed by atoms with Crippen LogP contribution in [0.2, 0.25) is 0 Å². The summed E-state index contributed by atoms with van der Waals surface area (Å²) in [7, 11) is 0. The number of ether oxygens (including phenoxy) is 1. The van der Waals surface area contributed by atoms with Crippen molar-refractivity contribution in [2.75, 3.05) is 19.7 Å². The van der Waals surface area contributed by atoms with Gasteiger partial charge in [-0.15, -0.1) is 0 Å². The Balaban J connectivity index is 1.57. The minimum absolute atomic E-state index is 0.0577. The van der Waals surface area contributed by atoms with Gasteiger partial charge in [-0.25, -0.2) is 4.39 Å². The van der Waals surface area contributed by atoms with E-state index in [1.54, 1.807) is 18.2 Å².